The number of aliphatic hydroxyl groups excluding tert-OH is 1. The fourth-order valence-corrected chi connectivity index (χ4v) is 5.40. The third kappa shape index (κ3) is 3.10. The van der Waals surface area contributed by atoms with Crippen molar-refractivity contribution in [3.05, 3.63) is 28.8 Å². The highest BCUT2D eigenvalue weighted by Crippen LogP contribution is 2.66. The number of aromatic hydroxyl groups is 1. The van der Waals surface area contributed by atoms with Crippen molar-refractivity contribution in [3.8, 4) is 5.75 Å². The molecule has 2 fully saturated rings. The molecule has 2 aliphatic rings. The maximum atomic E-state index is 11.0. The number of phenols is 1. The molecule has 0 spiro atoms. The molecule has 3 rings (SSSR count). The van der Waals surface area contributed by atoms with E-state index < -0.39 is 6.10 Å². The standard InChI is InChI=1S/C25H39NO2/c1-22(2,3)16-12-15(20(27)18(13-16)23(4,5)6)14-26-19-17-10-11-25(9,21(19)28)24(17,7)8/h12-14,17,19,21,27-28H,10-11H2,1-9H3/t17-,19-,21-,25+/m1/s1. The molecular formula is C25H39NO2. The summed E-state index contributed by atoms with van der Waals surface area (Å²) in [6, 6.07) is 4.09. The summed E-state index contributed by atoms with van der Waals surface area (Å²) in [5.41, 5.74) is 2.73. The van der Waals surface area contributed by atoms with Crippen LogP contribution in [0, 0.1) is 16.7 Å². The van der Waals surface area contributed by atoms with Crippen LogP contribution in [0.2, 0.25) is 0 Å². The van der Waals surface area contributed by atoms with Gasteiger partial charge in [0.1, 0.15) is 5.75 Å². The molecule has 0 amide bonds. The summed E-state index contributed by atoms with van der Waals surface area (Å²) >= 11 is 0. The number of hydrogen-bond acceptors (Lipinski definition) is 3. The van der Waals surface area contributed by atoms with Crippen molar-refractivity contribution in [3.63, 3.8) is 0 Å². The number of rotatable bonds is 2. The normalized spacial score (nSPS) is 32.4. The number of fused-ring (bicyclic) bond motifs is 2. The van der Waals surface area contributed by atoms with E-state index >= 15 is 0 Å². The molecule has 2 bridgehead atoms. The quantitative estimate of drug-likeness (QED) is 0.652. The highest BCUT2D eigenvalue weighted by Gasteiger charge is 2.65. The van der Waals surface area contributed by atoms with Gasteiger partial charge in [-0.3, -0.25) is 4.99 Å². The lowest BCUT2D eigenvalue weighted by Crippen LogP contribution is -2.39. The van der Waals surface area contributed by atoms with Crippen molar-refractivity contribution < 1.29 is 10.2 Å². The van der Waals surface area contributed by atoms with Crippen LogP contribution in [0.1, 0.15) is 91.8 Å². The lowest BCUT2D eigenvalue weighted by atomic mass is 9.70. The summed E-state index contributed by atoms with van der Waals surface area (Å²) in [6.45, 7) is 19.7. The first-order valence-corrected chi connectivity index (χ1v) is 10.7. The molecule has 0 aromatic heterocycles. The summed E-state index contributed by atoms with van der Waals surface area (Å²) in [5.74, 6) is 0.700. The molecule has 0 unspecified atom stereocenters. The van der Waals surface area contributed by atoms with Crippen LogP contribution >= 0.6 is 0 Å². The van der Waals surface area contributed by atoms with Crippen LogP contribution in [-0.4, -0.2) is 28.6 Å². The molecule has 1 aromatic rings. The minimum Gasteiger partial charge on any atom is -0.507 e. The average Bonchev–Trinajstić information content (AvgIpc) is 2.84. The maximum Gasteiger partial charge on any atom is 0.128 e. The molecule has 28 heavy (non-hydrogen) atoms. The molecule has 4 atom stereocenters. The number of aliphatic hydroxyl groups is 1. The first-order chi connectivity index (χ1) is 12.6. The Balaban J connectivity index is 2.03. The Morgan fingerprint density at radius 2 is 1.64 bits per heavy atom. The van der Waals surface area contributed by atoms with E-state index in [-0.39, 0.29) is 27.7 Å². The average molecular weight is 386 g/mol. The number of hydrogen-bond donors (Lipinski definition) is 2. The molecule has 0 radical (unpaired) electrons. The molecule has 2 aliphatic carbocycles. The van der Waals surface area contributed by atoms with Gasteiger partial charge in [0, 0.05) is 22.8 Å². The molecule has 2 N–H and O–H groups in total. The van der Waals surface area contributed by atoms with E-state index in [9.17, 15) is 10.2 Å². The highest BCUT2D eigenvalue weighted by molar-refractivity contribution is 5.85. The second-order valence-corrected chi connectivity index (χ2v) is 12.0. The second-order valence-electron chi connectivity index (χ2n) is 12.0. The zero-order valence-electron chi connectivity index (χ0n) is 19.2. The van der Waals surface area contributed by atoms with E-state index in [4.69, 9.17) is 4.99 Å². The highest BCUT2D eigenvalue weighted by atomic mass is 16.3. The van der Waals surface area contributed by atoms with Crippen LogP contribution in [0.25, 0.3) is 0 Å². The van der Waals surface area contributed by atoms with Crippen molar-refractivity contribution in [1.29, 1.82) is 0 Å². The van der Waals surface area contributed by atoms with Crippen molar-refractivity contribution in [2.24, 2.45) is 21.7 Å². The molecule has 0 aliphatic heterocycles. The van der Waals surface area contributed by atoms with Crippen LogP contribution in [0.15, 0.2) is 17.1 Å². The molecule has 3 nitrogen and oxygen atoms in total. The van der Waals surface area contributed by atoms with Gasteiger partial charge in [-0.2, -0.15) is 0 Å². The monoisotopic (exact) mass is 385 g/mol. The van der Waals surface area contributed by atoms with Crippen molar-refractivity contribution in [2.75, 3.05) is 0 Å². The summed E-state index contributed by atoms with van der Waals surface area (Å²) in [7, 11) is 0. The number of phenolic OH excluding ortho intramolecular Hbond substituents is 1. The largest absolute Gasteiger partial charge is 0.507 e. The lowest BCUT2D eigenvalue weighted by Gasteiger charge is -2.36. The van der Waals surface area contributed by atoms with Crippen LogP contribution in [0.3, 0.4) is 0 Å². The molecule has 156 valence electrons. The Kier molecular flexibility index (Phi) is 4.82. The molecule has 3 heteroatoms. The van der Waals surface area contributed by atoms with E-state index in [1.807, 2.05) is 6.21 Å². The molecule has 1 aromatic carbocycles. The summed E-state index contributed by atoms with van der Waals surface area (Å²) in [6.07, 6.45) is 3.57. The Labute approximate surface area is 171 Å². The van der Waals surface area contributed by atoms with Crippen LogP contribution in [0.4, 0.5) is 0 Å². The summed E-state index contributed by atoms with van der Waals surface area (Å²) < 4.78 is 0. The van der Waals surface area contributed by atoms with Gasteiger partial charge in [0.05, 0.1) is 12.1 Å². The fourth-order valence-electron chi connectivity index (χ4n) is 5.40. The minimum absolute atomic E-state index is 0.0162. The predicted octanol–water partition coefficient (Wildman–Crippen LogP) is 5.59. The van der Waals surface area contributed by atoms with E-state index in [0.29, 0.717) is 11.7 Å². The van der Waals surface area contributed by atoms with Gasteiger partial charge in [0.25, 0.3) is 0 Å². The van der Waals surface area contributed by atoms with Gasteiger partial charge in [0.15, 0.2) is 0 Å². The first kappa shape index (κ1) is 21.4. The van der Waals surface area contributed by atoms with Crippen molar-refractivity contribution in [2.45, 2.75) is 98.1 Å². The Morgan fingerprint density at radius 3 is 2.11 bits per heavy atom. The SMILES string of the molecule is CC(C)(C)c1cc(C=N[C@@H]2[C@H]3CC[C@@](C)([C@@H]2O)C3(C)C)c(O)c(C(C)(C)C)c1. The molecule has 2 saturated carbocycles. The van der Waals surface area contributed by atoms with Crippen LogP contribution < -0.4 is 0 Å². The lowest BCUT2D eigenvalue weighted by molar-refractivity contribution is 0.00624. The van der Waals surface area contributed by atoms with E-state index in [1.165, 1.54) is 5.56 Å². The van der Waals surface area contributed by atoms with Gasteiger partial charge >= 0.3 is 0 Å². The van der Waals surface area contributed by atoms with Crippen LogP contribution in [0.5, 0.6) is 5.75 Å². The summed E-state index contributed by atoms with van der Waals surface area (Å²) in [5, 5.41) is 22.0. The van der Waals surface area contributed by atoms with Gasteiger partial charge in [-0.15, -0.1) is 0 Å². The van der Waals surface area contributed by atoms with Crippen LogP contribution in [-0.2, 0) is 10.8 Å². The van der Waals surface area contributed by atoms with Gasteiger partial charge in [-0.05, 0) is 46.6 Å². The van der Waals surface area contributed by atoms with E-state index in [0.717, 1.165) is 24.0 Å². The van der Waals surface area contributed by atoms with Crippen molar-refractivity contribution in [1.82, 2.24) is 0 Å². The topological polar surface area (TPSA) is 52.8 Å². The number of aliphatic imine (C=N–C) groups is 1. The molecule has 0 saturated heterocycles. The van der Waals surface area contributed by atoms with Crippen molar-refractivity contribution >= 4 is 6.21 Å². The Bertz CT molecular complexity index is 794. The zero-order chi connectivity index (χ0) is 21.3. The molecular weight excluding hydrogens is 346 g/mol. The Morgan fingerprint density at radius 1 is 1.04 bits per heavy atom. The second kappa shape index (κ2) is 6.32. The third-order valence-electron chi connectivity index (χ3n) is 7.96. The fraction of sp³-hybridized carbons (Fsp3) is 0.720. The predicted molar refractivity (Wildman–Crippen MR) is 118 cm³/mol. The smallest absolute Gasteiger partial charge is 0.128 e. The Hall–Kier alpha value is -1.35. The van der Waals surface area contributed by atoms with E-state index in [1.54, 1.807) is 0 Å². The minimum atomic E-state index is -0.424. The van der Waals surface area contributed by atoms with Gasteiger partial charge < -0.3 is 10.2 Å². The summed E-state index contributed by atoms with van der Waals surface area (Å²) in [4.78, 5) is 4.87. The third-order valence-corrected chi connectivity index (χ3v) is 7.96. The zero-order valence-corrected chi connectivity index (χ0v) is 19.2. The van der Waals surface area contributed by atoms with Gasteiger partial charge in [-0.25, -0.2) is 0 Å². The first-order valence-electron chi connectivity index (χ1n) is 10.7. The van der Waals surface area contributed by atoms with E-state index in [2.05, 4.69) is 74.4 Å². The maximum absolute atomic E-state index is 11.0. The molecule has 0 heterocycles. The van der Waals surface area contributed by atoms with Gasteiger partial charge in [-0.1, -0.05) is 68.4 Å². The number of nitrogens with zero attached hydrogens (tertiary/aromatic N) is 1. The van der Waals surface area contributed by atoms with Gasteiger partial charge in [0.2, 0.25) is 0 Å². The number of benzene rings is 1.